The van der Waals surface area contributed by atoms with Gasteiger partial charge in [-0.25, -0.2) is 9.97 Å². The lowest BCUT2D eigenvalue weighted by molar-refractivity contribution is 0.0725. The molecule has 6 rings (SSSR count). The second-order valence-corrected chi connectivity index (χ2v) is 9.56. The smallest absolute Gasteiger partial charge is 0.274 e. The van der Waals surface area contributed by atoms with Crippen molar-refractivity contribution in [3.63, 3.8) is 0 Å². The second kappa shape index (κ2) is 8.11. The van der Waals surface area contributed by atoms with E-state index in [1.165, 1.54) is 24.2 Å². The van der Waals surface area contributed by atoms with E-state index in [2.05, 4.69) is 15.3 Å². The van der Waals surface area contributed by atoms with Crippen LogP contribution in [0.25, 0.3) is 5.65 Å². The lowest BCUT2D eigenvalue weighted by atomic mass is 10.0. The van der Waals surface area contributed by atoms with E-state index < -0.39 is 0 Å². The first kappa shape index (κ1) is 20.1. The highest BCUT2D eigenvalue weighted by molar-refractivity contribution is 7.09. The molecular weight excluding hydrogens is 438 g/mol. The van der Waals surface area contributed by atoms with E-state index in [0.29, 0.717) is 43.4 Å². The van der Waals surface area contributed by atoms with Gasteiger partial charge in [0.25, 0.3) is 11.8 Å². The van der Waals surface area contributed by atoms with Crippen molar-refractivity contribution in [3.8, 4) is 0 Å². The summed E-state index contributed by atoms with van der Waals surface area (Å²) in [5, 5.41) is 10.4. The fraction of sp³-hybridized carbons (Fsp3) is 0.348. The van der Waals surface area contributed by atoms with Crippen LogP contribution in [0.1, 0.15) is 50.1 Å². The highest BCUT2D eigenvalue weighted by Crippen LogP contribution is 2.33. The van der Waals surface area contributed by atoms with E-state index in [4.69, 9.17) is 5.10 Å². The Morgan fingerprint density at radius 2 is 2.15 bits per heavy atom. The molecule has 9 nitrogen and oxygen atoms in total. The first-order valence-corrected chi connectivity index (χ1v) is 12.0. The van der Waals surface area contributed by atoms with Gasteiger partial charge in [-0.3, -0.25) is 14.3 Å². The lowest BCUT2D eigenvalue weighted by Gasteiger charge is -2.27. The fourth-order valence-corrected chi connectivity index (χ4v) is 4.88. The third-order valence-electron chi connectivity index (χ3n) is 6.23. The van der Waals surface area contributed by atoms with Crippen LogP contribution < -0.4 is 5.32 Å². The molecule has 10 heteroatoms. The summed E-state index contributed by atoms with van der Waals surface area (Å²) in [6.07, 6.45) is 8.44. The minimum atomic E-state index is -0.224. The molecule has 1 saturated carbocycles. The van der Waals surface area contributed by atoms with Gasteiger partial charge in [0.15, 0.2) is 5.69 Å². The average molecular weight is 462 g/mol. The zero-order valence-electron chi connectivity index (χ0n) is 18.0. The maximum Gasteiger partial charge on any atom is 0.274 e. The highest BCUT2D eigenvalue weighted by atomic mass is 32.1. The van der Waals surface area contributed by atoms with Crippen LogP contribution in [0.5, 0.6) is 0 Å². The Balaban J connectivity index is 1.27. The molecule has 2 amide bonds. The van der Waals surface area contributed by atoms with Crippen molar-refractivity contribution in [2.24, 2.45) is 5.92 Å². The molecule has 0 radical (unpaired) electrons. The van der Waals surface area contributed by atoms with Gasteiger partial charge >= 0.3 is 0 Å². The van der Waals surface area contributed by atoms with Crippen molar-refractivity contribution in [3.05, 3.63) is 69.8 Å². The van der Waals surface area contributed by atoms with Crippen molar-refractivity contribution < 1.29 is 9.59 Å². The van der Waals surface area contributed by atoms with Crippen LogP contribution in [0.4, 0.5) is 0 Å². The lowest BCUT2D eigenvalue weighted by Crippen LogP contribution is -2.37. The first-order valence-electron chi connectivity index (χ1n) is 11.1. The van der Waals surface area contributed by atoms with Crippen molar-refractivity contribution >= 4 is 28.8 Å². The van der Waals surface area contributed by atoms with Crippen molar-refractivity contribution in [1.82, 2.24) is 34.4 Å². The van der Waals surface area contributed by atoms with Crippen LogP contribution in [0.15, 0.2) is 42.2 Å². The number of fused-ring (bicyclic) bond motifs is 2. The summed E-state index contributed by atoms with van der Waals surface area (Å²) in [4.78, 5) is 36.8. The minimum absolute atomic E-state index is 0.131. The topological polar surface area (TPSA) is 97.4 Å². The number of carbonyl (C=O) groups is 2. The summed E-state index contributed by atoms with van der Waals surface area (Å²) < 4.78 is 3.84. The maximum atomic E-state index is 13.3. The van der Waals surface area contributed by atoms with E-state index in [1.807, 2.05) is 38.9 Å². The molecule has 4 aromatic rings. The molecule has 5 heterocycles. The van der Waals surface area contributed by atoms with Gasteiger partial charge < -0.3 is 14.6 Å². The molecule has 1 aliphatic heterocycles. The summed E-state index contributed by atoms with van der Waals surface area (Å²) in [6.45, 7) is 2.13. The van der Waals surface area contributed by atoms with Crippen LogP contribution in [-0.2, 0) is 26.1 Å². The zero-order chi connectivity index (χ0) is 22.4. The summed E-state index contributed by atoms with van der Waals surface area (Å²) >= 11 is 1.50. The Kier molecular flexibility index (Phi) is 4.94. The molecule has 0 spiro atoms. The standard InChI is InChI=1S/C23H23N7O2S/c31-22(25-11-20-24-7-10-33-20)21-16-13-29(9-6-18(16)30(27-21)12-15-4-5-15)23(32)17-14-28-8-2-1-3-19(28)26-17/h1-3,7-8,10,14-15H,4-6,9,11-13H2,(H,25,31). The maximum absolute atomic E-state index is 13.3. The predicted molar refractivity (Wildman–Crippen MR) is 122 cm³/mol. The highest BCUT2D eigenvalue weighted by Gasteiger charge is 2.33. The largest absolute Gasteiger partial charge is 0.344 e. The van der Waals surface area contributed by atoms with E-state index in [1.54, 1.807) is 17.3 Å². The second-order valence-electron chi connectivity index (χ2n) is 8.58. The fourth-order valence-electron chi connectivity index (χ4n) is 4.32. The van der Waals surface area contributed by atoms with Crippen LogP contribution in [0, 0.1) is 5.92 Å². The van der Waals surface area contributed by atoms with Gasteiger partial charge in [-0.05, 0) is 30.9 Å². The number of rotatable bonds is 6. The number of amides is 2. The number of pyridine rings is 1. The molecule has 168 valence electrons. The van der Waals surface area contributed by atoms with Gasteiger partial charge in [0.05, 0.1) is 13.1 Å². The summed E-state index contributed by atoms with van der Waals surface area (Å²) in [6, 6.07) is 5.67. The number of hydrogen-bond donors (Lipinski definition) is 1. The number of aromatic nitrogens is 5. The number of thiazole rings is 1. The molecular formula is C23H23N7O2S. The van der Waals surface area contributed by atoms with Gasteiger partial charge in [-0.15, -0.1) is 11.3 Å². The van der Waals surface area contributed by atoms with Crippen LogP contribution in [0.2, 0.25) is 0 Å². The molecule has 0 aromatic carbocycles. The molecule has 0 atom stereocenters. The molecule has 4 aromatic heterocycles. The first-order chi connectivity index (χ1) is 16.2. The zero-order valence-corrected chi connectivity index (χ0v) is 18.8. The Labute approximate surface area is 194 Å². The molecule has 1 aliphatic carbocycles. The molecule has 2 aliphatic rings. The quantitative estimate of drug-likeness (QED) is 0.476. The van der Waals surface area contributed by atoms with Crippen molar-refractivity contribution in [2.75, 3.05) is 6.54 Å². The number of imidazole rings is 1. The van der Waals surface area contributed by atoms with E-state index in [9.17, 15) is 9.59 Å². The normalized spacial score (nSPS) is 15.6. The number of nitrogens with zero attached hydrogens (tertiary/aromatic N) is 6. The number of nitrogens with one attached hydrogen (secondary N) is 1. The molecule has 0 saturated heterocycles. The molecule has 1 N–H and O–H groups in total. The van der Waals surface area contributed by atoms with E-state index in [-0.39, 0.29) is 11.8 Å². The molecule has 1 fully saturated rings. The van der Waals surface area contributed by atoms with Gasteiger partial charge in [-0.2, -0.15) is 5.10 Å². The van der Waals surface area contributed by atoms with Gasteiger partial charge in [0, 0.05) is 54.7 Å². The molecule has 33 heavy (non-hydrogen) atoms. The van der Waals surface area contributed by atoms with Crippen molar-refractivity contribution in [2.45, 2.75) is 38.9 Å². The summed E-state index contributed by atoms with van der Waals surface area (Å²) in [5.74, 6) is 0.282. The van der Waals surface area contributed by atoms with Gasteiger partial charge in [0.2, 0.25) is 0 Å². The van der Waals surface area contributed by atoms with Gasteiger partial charge in [0.1, 0.15) is 16.3 Å². The monoisotopic (exact) mass is 461 g/mol. The SMILES string of the molecule is O=C(NCc1nccs1)c1nn(CC2CC2)c2c1CN(C(=O)c1cn3ccccc3n1)CC2. The predicted octanol–water partition coefficient (Wildman–Crippen LogP) is 2.53. The van der Waals surface area contributed by atoms with Crippen molar-refractivity contribution in [1.29, 1.82) is 0 Å². The number of hydrogen-bond acceptors (Lipinski definition) is 6. The summed E-state index contributed by atoms with van der Waals surface area (Å²) in [7, 11) is 0. The Morgan fingerprint density at radius 1 is 1.24 bits per heavy atom. The summed E-state index contributed by atoms with van der Waals surface area (Å²) in [5.41, 5.74) is 3.47. The average Bonchev–Trinajstić information content (AvgIpc) is 3.23. The third-order valence-corrected chi connectivity index (χ3v) is 7.01. The van der Waals surface area contributed by atoms with Crippen LogP contribution >= 0.6 is 11.3 Å². The Morgan fingerprint density at radius 3 is 2.94 bits per heavy atom. The van der Waals surface area contributed by atoms with E-state index >= 15 is 0 Å². The molecule has 0 bridgehead atoms. The minimum Gasteiger partial charge on any atom is -0.344 e. The Bertz CT molecular complexity index is 1300. The number of carbonyl (C=O) groups excluding carboxylic acids is 2. The van der Waals surface area contributed by atoms with Crippen LogP contribution in [0.3, 0.4) is 0 Å². The third kappa shape index (κ3) is 3.91. The van der Waals surface area contributed by atoms with E-state index in [0.717, 1.165) is 28.5 Å². The Hall–Kier alpha value is -3.53. The molecule has 0 unspecified atom stereocenters. The van der Waals surface area contributed by atoms with Gasteiger partial charge in [-0.1, -0.05) is 6.07 Å². The van der Waals surface area contributed by atoms with Crippen LogP contribution in [-0.4, -0.2) is 47.4 Å².